The lowest BCUT2D eigenvalue weighted by atomic mass is 9.94. The van der Waals surface area contributed by atoms with E-state index >= 15 is 0 Å². The molecule has 2 heterocycles. The molecule has 29 heavy (non-hydrogen) atoms. The average Bonchev–Trinajstić information content (AvgIpc) is 3.11. The highest BCUT2D eigenvalue weighted by Gasteiger charge is 2.29. The molecule has 1 aromatic heterocycles. The Bertz CT molecular complexity index is 1090. The number of rotatable bonds is 3. The Morgan fingerprint density at radius 3 is 2.34 bits per heavy atom. The molecule has 150 valence electrons. The summed E-state index contributed by atoms with van der Waals surface area (Å²) in [6.45, 7) is 7.32. The van der Waals surface area contributed by atoms with Crippen molar-refractivity contribution in [1.29, 1.82) is 0 Å². The Balaban J connectivity index is 1.52. The first-order valence-corrected chi connectivity index (χ1v) is 10.0. The fourth-order valence-corrected chi connectivity index (χ4v) is 4.00. The summed E-state index contributed by atoms with van der Waals surface area (Å²) >= 11 is 0. The normalized spacial score (nSPS) is 14.9. The number of hydrogen-bond acceptors (Lipinski definition) is 3. The van der Waals surface area contributed by atoms with Crippen molar-refractivity contribution in [2.75, 3.05) is 13.1 Å². The molecule has 0 radical (unpaired) electrons. The monoisotopic (exact) mass is 390 g/mol. The number of benzene rings is 2. The topological polar surface area (TPSA) is 71.0 Å². The van der Waals surface area contributed by atoms with Crippen molar-refractivity contribution in [2.24, 2.45) is 0 Å². The van der Waals surface area contributed by atoms with Crippen LogP contribution in [-0.2, 0) is 0 Å². The van der Waals surface area contributed by atoms with Gasteiger partial charge in [-0.3, -0.25) is 4.79 Å². The van der Waals surface area contributed by atoms with Gasteiger partial charge in [0.25, 0.3) is 5.91 Å². The minimum Gasteiger partial charge on any atom is -0.339 e. The Morgan fingerprint density at radius 1 is 1.00 bits per heavy atom. The number of aryl methyl sites for hydroxylation is 3. The SMILES string of the molecule is Cc1ccc(-n2c(C3CCN(C(=O)c4cc(C)ccc4C)CC3)n[nH]c2=O)cc1. The minimum absolute atomic E-state index is 0.0857. The van der Waals surface area contributed by atoms with Gasteiger partial charge in [-0.1, -0.05) is 35.4 Å². The van der Waals surface area contributed by atoms with Crippen LogP contribution in [0.1, 0.15) is 51.6 Å². The summed E-state index contributed by atoms with van der Waals surface area (Å²) in [5.41, 5.74) is 4.61. The summed E-state index contributed by atoms with van der Waals surface area (Å²) in [7, 11) is 0. The molecule has 6 nitrogen and oxygen atoms in total. The first kappa shape index (κ1) is 19.2. The summed E-state index contributed by atoms with van der Waals surface area (Å²) in [5.74, 6) is 0.971. The summed E-state index contributed by atoms with van der Waals surface area (Å²) in [6.07, 6.45) is 1.57. The maximum Gasteiger partial charge on any atom is 0.347 e. The van der Waals surface area contributed by atoms with E-state index in [1.54, 1.807) is 4.57 Å². The van der Waals surface area contributed by atoms with Crippen LogP contribution in [0.5, 0.6) is 0 Å². The second-order valence-corrected chi connectivity index (χ2v) is 7.94. The highest BCUT2D eigenvalue weighted by molar-refractivity contribution is 5.95. The Labute approximate surface area is 170 Å². The number of nitrogens with one attached hydrogen (secondary N) is 1. The van der Waals surface area contributed by atoms with E-state index in [-0.39, 0.29) is 17.5 Å². The van der Waals surface area contributed by atoms with Crippen molar-refractivity contribution in [1.82, 2.24) is 19.7 Å². The number of aromatic nitrogens is 3. The highest BCUT2D eigenvalue weighted by Crippen LogP contribution is 2.28. The molecular formula is C23H26N4O2. The minimum atomic E-state index is -0.224. The van der Waals surface area contributed by atoms with Gasteiger partial charge in [0.15, 0.2) is 0 Å². The molecule has 0 bridgehead atoms. The molecular weight excluding hydrogens is 364 g/mol. The highest BCUT2D eigenvalue weighted by atomic mass is 16.2. The third kappa shape index (κ3) is 3.75. The van der Waals surface area contributed by atoms with Crippen LogP contribution in [0.3, 0.4) is 0 Å². The predicted molar refractivity (Wildman–Crippen MR) is 113 cm³/mol. The van der Waals surface area contributed by atoms with E-state index in [2.05, 4.69) is 10.2 Å². The van der Waals surface area contributed by atoms with Crippen molar-refractivity contribution in [2.45, 2.75) is 39.5 Å². The van der Waals surface area contributed by atoms with Crippen molar-refractivity contribution < 1.29 is 4.79 Å². The second-order valence-electron chi connectivity index (χ2n) is 7.94. The quantitative estimate of drug-likeness (QED) is 0.744. The van der Waals surface area contributed by atoms with Crippen LogP contribution in [0.25, 0.3) is 5.69 Å². The molecule has 4 rings (SSSR count). The fraction of sp³-hybridized carbons (Fsp3) is 0.348. The molecule has 1 fully saturated rings. The molecule has 1 aliphatic heterocycles. The molecule has 1 amide bonds. The zero-order valence-electron chi connectivity index (χ0n) is 17.1. The number of hydrogen-bond donors (Lipinski definition) is 1. The standard InChI is InChI=1S/C23H26N4O2/c1-15-5-8-19(9-6-15)27-21(24-25-23(27)29)18-10-12-26(13-11-18)22(28)20-14-16(2)4-7-17(20)3/h4-9,14,18H,10-13H2,1-3H3,(H,25,29). The number of carbonyl (C=O) groups excluding carboxylic acids is 1. The smallest absolute Gasteiger partial charge is 0.339 e. The average molecular weight is 390 g/mol. The first-order chi connectivity index (χ1) is 13.9. The maximum atomic E-state index is 13.0. The third-order valence-electron chi connectivity index (χ3n) is 5.76. The number of piperidine rings is 1. The predicted octanol–water partition coefficient (Wildman–Crippen LogP) is 3.51. The zero-order valence-corrected chi connectivity index (χ0v) is 17.1. The van der Waals surface area contributed by atoms with Gasteiger partial charge in [-0.2, -0.15) is 5.10 Å². The Hall–Kier alpha value is -3.15. The molecule has 0 spiro atoms. The van der Waals surface area contributed by atoms with Crippen LogP contribution in [0.15, 0.2) is 47.3 Å². The Kier molecular flexibility index (Phi) is 5.09. The van der Waals surface area contributed by atoms with Gasteiger partial charge < -0.3 is 4.90 Å². The van der Waals surface area contributed by atoms with Gasteiger partial charge >= 0.3 is 5.69 Å². The number of amides is 1. The van der Waals surface area contributed by atoms with E-state index in [0.29, 0.717) is 13.1 Å². The molecule has 3 aromatic rings. The molecule has 0 aliphatic carbocycles. The lowest BCUT2D eigenvalue weighted by Gasteiger charge is -2.32. The van der Waals surface area contributed by atoms with Crippen LogP contribution < -0.4 is 5.69 Å². The molecule has 0 saturated carbocycles. The van der Waals surface area contributed by atoms with Crippen LogP contribution in [0, 0.1) is 20.8 Å². The number of aromatic amines is 1. The van der Waals surface area contributed by atoms with Gasteiger partial charge in [-0.15, -0.1) is 0 Å². The van der Waals surface area contributed by atoms with Crippen LogP contribution in [-0.4, -0.2) is 38.7 Å². The van der Waals surface area contributed by atoms with Crippen molar-refractivity contribution >= 4 is 5.91 Å². The number of carbonyl (C=O) groups is 1. The van der Waals surface area contributed by atoms with Gasteiger partial charge in [0, 0.05) is 24.6 Å². The second kappa shape index (κ2) is 7.70. The van der Waals surface area contributed by atoms with Crippen LogP contribution in [0.2, 0.25) is 0 Å². The van der Waals surface area contributed by atoms with E-state index in [1.807, 2.05) is 68.1 Å². The van der Waals surface area contributed by atoms with Crippen molar-refractivity contribution in [3.05, 3.63) is 81.0 Å². The summed E-state index contributed by atoms with van der Waals surface area (Å²) in [5, 5.41) is 6.91. The number of nitrogens with zero attached hydrogens (tertiary/aromatic N) is 3. The van der Waals surface area contributed by atoms with E-state index in [4.69, 9.17) is 0 Å². The molecule has 1 saturated heterocycles. The number of likely N-dealkylation sites (tertiary alicyclic amines) is 1. The van der Waals surface area contributed by atoms with Gasteiger partial charge in [-0.05, 0) is 57.4 Å². The van der Waals surface area contributed by atoms with Crippen LogP contribution >= 0.6 is 0 Å². The lowest BCUT2D eigenvalue weighted by molar-refractivity contribution is 0.0710. The largest absolute Gasteiger partial charge is 0.347 e. The summed E-state index contributed by atoms with van der Waals surface area (Å²) in [4.78, 5) is 27.3. The van der Waals surface area contributed by atoms with Crippen molar-refractivity contribution in [3.8, 4) is 5.69 Å². The first-order valence-electron chi connectivity index (χ1n) is 10.0. The van der Waals surface area contributed by atoms with Gasteiger partial charge in [-0.25, -0.2) is 14.5 Å². The van der Waals surface area contributed by atoms with Crippen LogP contribution in [0.4, 0.5) is 0 Å². The van der Waals surface area contributed by atoms with E-state index in [9.17, 15) is 9.59 Å². The molecule has 2 aromatic carbocycles. The lowest BCUT2D eigenvalue weighted by Crippen LogP contribution is -2.38. The number of H-pyrrole nitrogens is 1. The fourth-order valence-electron chi connectivity index (χ4n) is 4.00. The molecule has 1 N–H and O–H groups in total. The molecule has 0 atom stereocenters. The summed E-state index contributed by atoms with van der Waals surface area (Å²) in [6, 6.07) is 13.9. The molecule has 1 aliphatic rings. The van der Waals surface area contributed by atoms with E-state index < -0.39 is 0 Å². The third-order valence-corrected chi connectivity index (χ3v) is 5.76. The van der Waals surface area contributed by atoms with Crippen molar-refractivity contribution in [3.63, 3.8) is 0 Å². The van der Waals surface area contributed by atoms with E-state index in [1.165, 1.54) is 0 Å². The van der Waals surface area contributed by atoms with E-state index in [0.717, 1.165) is 46.6 Å². The summed E-state index contributed by atoms with van der Waals surface area (Å²) < 4.78 is 1.66. The Morgan fingerprint density at radius 2 is 1.66 bits per heavy atom. The molecule has 6 heteroatoms. The van der Waals surface area contributed by atoms with Gasteiger partial charge in [0.2, 0.25) is 0 Å². The van der Waals surface area contributed by atoms with Gasteiger partial charge in [0.05, 0.1) is 5.69 Å². The maximum absolute atomic E-state index is 13.0. The van der Waals surface area contributed by atoms with Gasteiger partial charge in [0.1, 0.15) is 5.82 Å². The molecule has 0 unspecified atom stereocenters. The zero-order chi connectivity index (χ0) is 20.5.